The second-order valence-electron chi connectivity index (χ2n) is 7.93. The van der Waals surface area contributed by atoms with E-state index in [0.29, 0.717) is 17.6 Å². The first-order chi connectivity index (χ1) is 8.00. The predicted molar refractivity (Wildman–Crippen MR) is 77.7 cm³/mol. The van der Waals surface area contributed by atoms with E-state index in [1.165, 1.54) is 0 Å². The Hall–Kier alpha value is -0.370. The molecule has 1 saturated heterocycles. The van der Waals surface area contributed by atoms with Crippen LogP contribution in [0.15, 0.2) is 0 Å². The average Bonchev–Trinajstić information content (AvgIpc) is 2.51. The summed E-state index contributed by atoms with van der Waals surface area (Å²) in [5, 5.41) is 0. The number of likely N-dealkylation sites (tertiary alicyclic amines) is 1. The van der Waals surface area contributed by atoms with Gasteiger partial charge in [-0.2, -0.15) is 0 Å². The molecular weight excluding hydrogens is 222 g/mol. The highest BCUT2D eigenvalue weighted by atomic mass is 16.1. The van der Waals surface area contributed by atoms with Crippen molar-refractivity contribution >= 4 is 5.78 Å². The second-order valence-corrected chi connectivity index (χ2v) is 7.93. The van der Waals surface area contributed by atoms with Gasteiger partial charge in [0.1, 0.15) is 0 Å². The van der Waals surface area contributed by atoms with E-state index < -0.39 is 0 Å². The van der Waals surface area contributed by atoms with Crippen LogP contribution < -0.4 is 0 Å². The summed E-state index contributed by atoms with van der Waals surface area (Å²) in [6, 6.07) is 0.102. The molecule has 0 saturated carbocycles. The maximum Gasteiger partial charge on any atom is 0.155 e. The fraction of sp³-hybridized carbons (Fsp3) is 0.938. The lowest BCUT2D eigenvalue weighted by molar-refractivity contribution is -0.134. The summed E-state index contributed by atoms with van der Waals surface area (Å²) in [5.74, 6) is 1.54. The Labute approximate surface area is 113 Å². The fourth-order valence-corrected chi connectivity index (χ4v) is 3.20. The first-order valence-corrected chi connectivity index (χ1v) is 7.31. The lowest BCUT2D eigenvalue weighted by Crippen LogP contribution is -2.52. The molecule has 1 aliphatic heterocycles. The number of Topliss-reactive ketones (excluding diaryl/α,β-unsaturated/α-hetero) is 1. The number of carbonyl (C=O) groups is 1. The Kier molecular flexibility index (Phi) is 4.32. The monoisotopic (exact) mass is 253 g/mol. The van der Waals surface area contributed by atoms with Crippen LogP contribution in [-0.4, -0.2) is 28.8 Å². The van der Waals surface area contributed by atoms with Gasteiger partial charge in [-0.15, -0.1) is 0 Å². The van der Waals surface area contributed by atoms with E-state index in [4.69, 9.17) is 0 Å². The summed E-state index contributed by atoms with van der Waals surface area (Å²) >= 11 is 0. The molecule has 2 heteroatoms. The van der Waals surface area contributed by atoms with Crippen molar-refractivity contribution in [2.75, 3.05) is 6.54 Å². The third kappa shape index (κ3) is 2.96. The molecule has 0 aromatic rings. The third-order valence-corrected chi connectivity index (χ3v) is 4.30. The molecule has 1 heterocycles. The highest BCUT2D eigenvalue weighted by Crippen LogP contribution is 2.39. The molecule has 0 aliphatic carbocycles. The zero-order chi connectivity index (χ0) is 14.3. The van der Waals surface area contributed by atoms with Crippen molar-refractivity contribution < 1.29 is 4.79 Å². The third-order valence-electron chi connectivity index (χ3n) is 4.30. The molecule has 1 aliphatic rings. The number of ketones is 1. The molecule has 3 atom stereocenters. The van der Waals surface area contributed by atoms with Crippen LogP contribution in [0.5, 0.6) is 0 Å². The Balaban J connectivity index is 3.11. The smallest absolute Gasteiger partial charge is 0.155 e. The topological polar surface area (TPSA) is 20.3 Å². The lowest BCUT2D eigenvalue weighted by Gasteiger charge is -2.40. The van der Waals surface area contributed by atoms with Gasteiger partial charge < -0.3 is 0 Å². The van der Waals surface area contributed by atoms with Gasteiger partial charge in [-0.25, -0.2) is 0 Å². The zero-order valence-electron chi connectivity index (χ0n) is 13.5. The summed E-state index contributed by atoms with van der Waals surface area (Å²) < 4.78 is 0. The minimum Gasteiger partial charge on any atom is -0.297 e. The van der Waals surface area contributed by atoms with Crippen LogP contribution in [0.1, 0.15) is 61.8 Å². The summed E-state index contributed by atoms with van der Waals surface area (Å²) in [7, 11) is 0. The molecule has 0 amide bonds. The van der Waals surface area contributed by atoms with Crippen LogP contribution in [-0.2, 0) is 4.79 Å². The van der Waals surface area contributed by atoms with Crippen molar-refractivity contribution in [3.63, 3.8) is 0 Å². The largest absolute Gasteiger partial charge is 0.297 e. The van der Waals surface area contributed by atoms with Crippen LogP contribution in [0.25, 0.3) is 0 Å². The lowest BCUT2D eigenvalue weighted by atomic mass is 9.78. The SMILES string of the molecule is CCC1C(C)CN(C(C)(C)C)C1C(=O)C(C)(C)C. The van der Waals surface area contributed by atoms with Crippen molar-refractivity contribution in [2.24, 2.45) is 17.3 Å². The first kappa shape index (κ1) is 15.7. The number of hydrogen-bond donors (Lipinski definition) is 0. The van der Waals surface area contributed by atoms with E-state index in [0.717, 1.165) is 13.0 Å². The molecule has 0 bridgehead atoms. The number of carbonyl (C=O) groups excluding carboxylic acids is 1. The van der Waals surface area contributed by atoms with Crippen LogP contribution in [0, 0.1) is 17.3 Å². The number of rotatable bonds is 2. The van der Waals surface area contributed by atoms with Gasteiger partial charge in [-0.3, -0.25) is 9.69 Å². The molecular formula is C16H31NO. The van der Waals surface area contributed by atoms with Crippen LogP contribution in [0.4, 0.5) is 0 Å². The van der Waals surface area contributed by atoms with E-state index in [1.807, 2.05) is 20.8 Å². The number of hydrogen-bond acceptors (Lipinski definition) is 2. The van der Waals surface area contributed by atoms with Crippen molar-refractivity contribution in [3.05, 3.63) is 0 Å². The summed E-state index contributed by atoms with van der Waals surface area (Å²) in [6.07, 6.45) is 1.10. The van der Waals surface area contributed by atoms with Crippen LogP contribution in [0.3, 0.4) is 0 Å². The van der Waals surface area contributed by atoms with Crippen LogP contribution in [0.2, 0.25) is 0 Å². The van der Waals surface area contributed by atoms with Gasteiger partial charge in [-0.1, -0.05) is 41.0 Å². The molecule has 3 unspecified atom stereocenters. The van der Waals surface area contributed by atoms with E-state index in [2.05, 4.69) is 39.5 Å². The summed E-state index contributed by atoms with van der Waals surface area (Å²) in [6.45, 7) is 18.4. The average molecular weight is 253 g/mol. The second kappa shape index (κ2) is 4.96. The Morgan fingerprint density at radius 1 is 1.17 bits per heavy atom. The zero-order valence-corrected chi connectivity index (χ0v) is 13.5. The quantitative estimate of drug-likeness (QED) is 0.747. The van der Waals surface area contributed by atoms with Gasteiger partial charge in [-0.05, 0) is 32.6 Å². The molecule has 0 N–H and O–H groups in total. The van der Waals surface area contributed by atoms with E-state index in [-0.39, 0.29) is 17.0 Å². The molecule has 1 fully saturated rings. The minimum absolute atomic E-state index is 0.0732. The highest BCUT2D eigenvalue weighted by Gasteiger charge is 2.48. The van der Waals surface area contributed by atoms with Crippen molar-refractivity contribution in [2.45, 2.75) is 73.4 Å². The molecule has 0 radical (unpaired) electrons. The molecule has 0 aromatic carbocycles. The standard InChI is InChI=1S/C16H31NO/c1-9-12-11(2)10-17(16(6,7)8)13(12)14(18)15(3,4)5/h11-13H,9-10H2,1-8H3. The van der Waals surface area contributed by atoms with Crippen molar-refractivity contribution in [1.29, 1.82) is 0 Å². The van der Waals surface area contributed by atoms with Gasteiger partial charge in [0.05, 0.1) is 6.04 Å². The van der Waals surface area contributed by atoms with Gasteiger partial charge >= 0.3 is 0 Å². The Morgan fingerprint density at radius 2 is 1.67 bits per heavy atom. The fourth-order valence-electron chi connectivity index (χ4n) is 3.20. The molecule has 18 heavy (non-hydrogen) atoms. The Morgan fingerprint density at radius 3 is 2.00 bits per heavy atom. The molecule has 1 rings (SSSR count). The molecule has 0 spiro atoms. The maximum atomic E-state index is 12.8. The first-order valence-electron chi connectivity index (χ1n) is 7.31. The van der Waals surface area contributed by atoms with Crippen molar-refractivity contribution in [1.82, 2.24) is 4.90 Å². The highest BCUT2D eigenvalue weighted by molar-refractivity contribution is 5.89. The summed E-state index contributed by atoms with van der Waals surface area (Å²) in [4.78, 5) is 15.2. The minimum atomic E-state index is -0.244. The van der Waals surface area contributed by atoms with Gasteiger partial charge in [0.25, 0.3) is 0 Å². The number of nitrogens with zero attached hydrogens (tertiary/aromatic N) is 1. The van der Waals surface area contributed by atoms with E-state index in [1.54, 1.807) is 0 Å². The summed E-state index contributed by atoms with van der Waals surface area (Å²) in [5.41, 5.74) is -0.171. The van der Waals surface area contributed by atoms with Crippen molar-refractivity contribution in [3.8, 4) is 0 Å². The molecule has 2 nitrogen and oxygen atoms in total. The normalized spacial score (nSPS) is 30.8. The van der Waals surface area contributed by atoms with Gasteiger partial charge in [0.15, 0.2) is 5.78 Å². The maximum absolute atomic E-state index is 12.8. The van der Waals surface area contributed by atoms with Gasteiger partial charge in [0, 0.05) is 17.5 Å². The molecule has 106 valence electrons. The Bertz CT molecular complexity index is 308. The van der Waals surface area contributed by atoms with E-state index >= 15 is 0 Å². The molecule has 0 aromatic heterocycles. The van der Waals surface area contributed by atoms with Gasteiger partial charge in [0.2, 0.25) is 0 Å². The predicted octanol–water partition coefficient (Wildman–Crippen LogP) is 3.75. The van der Waals surface area contributed by atoms with Crippen LogP contribution >= 0.6 is 0 Å². The van der Waals surface area contributed by atoms with E-state index in [9.17, 15) is 4.79 Å².